The summed E-state index contributed by atoms with van der Waals surface area (Å²) in [5, 5.41) is 12.5. The number of nitrogens with one attached hydrogen (secondary N) is 1. The van der Waals surface area contributed by atoms with Crippen molar-refractivity contribution in [1.29, 1.82) is 5.26 Å². The van der Waals surface area contributed by atoms with Crippen LogP contribution in [-0.4, -0.2) is 0 Å². The largest absolute Gasteiger partial charge is 0.306 e. The Kier molecular flexibility index (Phi) is 5.99. The molecule has 2 rings (SSSR count). The summed E-state index contributed by atoms with van der Waals surface area (Å²) >= 11 is 0. The average molecular weight is 278 g/mol. The Hall–Kier alpha value is -2.11. The number of nitriles is 1. The van der Waals surface area contributed by atoms with Gasteiger partial charge in [-0.2, -0.15) is 5.26 Å². The standard InChI is InChI=1S/C19H22N2/c1-2-3-9-19(18-7-5-4-6-8-18)21-15-17-12-10-16(14-20)11-13-17/h4-8,10-13,19,21H,2-3,9,15H2,1H3. The Labute approximate surface area is 127 Å². The van der Waals surface area contributed by atoms with Gasteiger partial charge in [0.1, 0.15) is 0 Å². The van der Waals surface area contributed by atoms with Gasteiger partial charge in [0, 0.05) is 12.6 Å². The van der Waals surface area contributed by atoms with Gasteiger partial charge in [0.05, 0.1) is 11.6 Å². The van der Waals surface area contributed by atoms with Crippen molar-refractivity contribution in [3.05, 3.63) is 71.3 Å². The van der Waals surface area contributed by atoms with Crippen molar-refractivity contribution >= 4 is 0 Å². The first-order valence-corrected chi connectivity index (χ1v) is 7.61. The zero-order valence-corrected chi connectivity index (χ0v) is 12.5. The predicted octanol–water partition coefficient (Wildman–Crippen LogP) is 4.58. The molecule has 2 nitrogen and oxygen atoms in total. The average Bonchev–Trinajstić information content (AvgIpc) is 2.56. The third-order valence-electron chi connectivity index (χ3n) is 3.68. The summed E-state index contributed by atoms with van der Waals surface area (Å²) in [5.41, 5.74) is 3.27. The van der Waals surface area contributed by atoms with E-state index in [9.17, 15) is 0 Å². The van der Waals surface area contributed by atoms with Crippen LogP contribution in [0.2, 0.25) is 0 Å². The summed E-state index contributed by atoms with van der Waals surface area (Å²) in [6.07, 6.45) is 3.58. The topological polar surface area (TPSA) is 35.8 Å². The SMILES string of the molecule is CCCCC(NCc1ccc(C#N)cc1)c1ccccc1. The van der Waals surface area contributed by atoms with Crippen LogP contribution in [0.5, 0.6) is 0 Å². The minimum Gasteiger partial charge on any atom is -0.306 e. The van der Waals surface area contributed by atoms with E-state index in [0.29, 0.717) is 11.6 Å². The molecule has 0 aliphatic rings. The van der Waals surface area contributed by atoms with Crippen molar-refractivity contribution in [3.63, 3.8) is 0 Å². The van der Waals surface area contributed by atoms with Crippen LogP contribution >= 0.6 is 0 Å². The third kappa shape index (κ3) is 4.73. The van der Waals surface area contributed by atoms with Crippen molar-refractivity contribution in [2.75, 3.05) is 0 Å². The van der Waals surface area contributed by atoms with Crippen LogP contribution in [0.1, 0.15) is 48.9 Å². The first kappa shape index (κ1) is 15.3. The maximum Gasteiger partial charge on any atom is 0.0991 e. The van der Waals surface area contributed by atoms with Crippen molar-refractivity contribution in [1.82, 2.24) is 5.32 Å². The molecule has 0 saturated carbocycles. The molecule has 0 saturated heterocycles. The van der Waals surface area contributed by atoms with Crippen LogP contribution in [0.3, 0.4) is 0 Å². The maximum absolute atomic E-state index is 8.83. The molecule has 0 aromatic heterocycles. The van der Waals surface area contributed by atoms with Gasteiger partial charge in [0.15, 0.2) is 0 Å². The van der Waals surface area contributed by atoms with E-state index in [1.165, 1.54) is 24.0 Å². The minimum absolute atomic E-state index is 0.391. The molecule has 2 aromatic rings. The quantitative estimate of drug-likeness (QED) is 0.804. The zero-order chi connectivity index (χ0) is 14.9. The highest BCUT2D eigenvalue weighted by atomic mass is 14.9. The van der Waals surface area contributed by atoms with E-state index >= 15 is 0 Å². The van der Waals surface area contributed by atoms with E-state index in [1.807, 2.05) is 24.3 Å². The first-order valence-electron chi connectivity index (χ1n) is 7.61. The van der Waals surface area contributed by atoms with Crippen molar-refractivity contribution in [3.8, 4) is 6.07 Å². The zero-order valence-electron chi connectivity index (χ0n) is 12.5. The summed E-state index contributed by atoms with van der Waals surface area (Å²) in [6.45, 7) is 3.05. The van der Waals surface area contributed by atoms with E-state index in [0.717, 1.165) is 13.0 Å². The predicted molar refractivity (Wildman–Crippen MR) is 86.7 cm³/mol. The maximum atomic E-state index is 8.83. The molecule has 0 bridgehead atoms. The molecule has 21 heavy (non-hydrogen) atoms. The van der Waals surface area contributed by atoms with Gasteiger partial charge in [-0.05, 0) is 29.7 Å². The molecular formula is C19H22N2. The van der Waals surface area contributed by atoms with Crippen LogP contribution in [0.4, 0.5) is 0 Å². The van der Waals surface area contributed by atoms with Gasteiger partial charge >= 0.3 is 0 Å². The molecule has 0 aliphatic carbocycles. The molecule has 1 unspecified atom stereocenters. The number of nitrogens with zero attached hydrogens (tertiary/aromatic N) is 1. The van der Waals surface area contributed by atoms with Gasteiger partial charge in [-0.25, -0.2) is 0 Å². The van der Waals surface area contributed by atoms with E-state index in [-0.39, 0.29) is 0 Å². The second-order valence-corrected chi connectivity index (χ2v) is 5.30. The van der Waals surface area contributed by atoms with Crippen LogP contribution in [0.15, 0.2) is 54.6 Å². The fraction of sp³-hybridized carbons (Fsp3) is 0.316. The van der Waals surface area contributed by atoms with E-state index in [1.54, 1.807) is 0 Å². The molecule has 1 atom stereocenters. The Bertz CT molecular complexity index is 567. The van der Waals surface area contributed by atoms with Crippen molar-refractivity contribution < 1.29 is 0 Å². The molecule has 0 fully saturated rings. The molecule has 0 aliphatic heterocycles. The molecule has 0 heterocycles. The van der Waals surface area contributed by atoms with Gasteiger partial charge in [-0.3, -0.25) is 0 Å². The van der Waals surface area contributed by atoms with Gasteiger partial charge < -0.3 is 5.32 Å². The second-order valence-electron chi connectivity index (χ2n) is 5.30. The molecule has 2 heteroatoms. The lowest BCUT2D eigenvalue weighted by Crippen LogP contribution is -2.20. The van der Waals surface area contributed by atoms with Crippen molar-refractivity contribution in [2.45, 2.75) is 38.8 Å². The smallest absolute Gasteiger partial charge is 0.0991 e. The van der Waals surface area contributed by atoms with Gasteiger partial charge in [0.2, 0.25) is 0 Å². The normalized spacial score (nSPS) is 11.8. The van der Waals surface area contributed by atoms with E-state index in [4.69, 9.17) is 5.26 Å². The summed E-state index contributed by atoms with van der Waals surface area (Å²) in [5.74, 6) is 0. The monoisotopic (exact) mass is 278 g/mol. The third-order valence-corrected chi connectivity index (χ3v) is 3.68. The summed E-state index contributed by atoms with van der Waals surface area (Å²) in [7, 11) is 0. The number of rotatable bonds is 7. The lowest BCUT2D eigenvalue weighted by molar-refractivity contribution is 0.480. The van der Waals surface area contributed by atoms with Crippen LogP contribution in [0, 0.1) is 11.3 Å². The van der Waals surface area contributed by atoms with Crippen molar-refractivity contribution in [2.24, 2.45) is 0 Å². The highest BCUT2D eigenvalue weighted by Crippen LogP contribution is 2.20. The van der Waals surface area contributed by atoms with Crippen LogP contribution in [0.25, 0.3) is 0 Å². The van der Waals surface area contributed by atoms with Gasteiger partial charge in [-0.15, -0.1) is 0 Å². The fourth-order valence-electron chi connectivity index (χ4n) is 2.42. The summed E-state index contributed by atoms with van der Waals surface area (Å²) in [4.78, 5) is 0. The van der Waals surface area contributed by atoms with Crippen LogP contribution in [-0.2, 0) is 6.54 Å². The van der Waals surface area contributed by atoms with Gasteiger partial charge in [0.25, 0.3) is 0 Å². The lowest BCUT2D eigenvalue weighted by Gasteiger charge is -2.19. The number of hydrogen-bond acceptors (Lipinski definition) is 2. The Morgan fingerprint density at radius 2 is 1.76 bits per heavy atom. The van der Waals surface area contributed by atoms with Gasteiger partial charge in [-0.1, -0.05) is 62.2 Å². The van der Waals surface area contributed by atoms with E-state index < -0.39 is 0 Å². The first-order chi connectivity index (χ1) is 10.3. The molecule has 108 valence electrons. The molecule has 0 radical (unpaired) electrons. The minimum atomic E-state index is 0.391. The number of benzene rings is 2. The number of hydrogen-bond donors (Lipinski definition) is 1. The molecule has 0 amide bonds. The molecule has 1 N–H and O–H groups in total. The summed E-state index contributed by atoms with van der Waals surface area (Å²) < 4.78 is 0. The molecule has 0 spiro atoms. The molecular weight excluding hydrogens is 256 g/mol. The second kappa shape index (κ2) is 8.24. The Balaban J connectivity index is 1.99. The Morgan fingerprint density at radius 1 is 1.05 bits per heavy atom. The van der Waals surface area contributed by atoms with Crippen LogP contribution < -0.4 is 5.32 Å². The Morgan fingerprint density at radius 3 is 2.38 bits per heavy atom. The lowest BCUT2D eigenvalue weighted by atomic mass is 10.0. The summed E-state index contributed by atoms with van der Waals surface area (Å²) in [6, 6.07) is 21.0. The highest BCUT2D eigenvalue weighted by molar-refractivity contribution is 5.31. The van der Waals surface area contributed by atoms with E-state index in [2.05, 4.69) is 48.6 Å². The fourth-order valence-corrected chi connectivity index (χ4v) is 2.42. The molecule has 2 aromatic carbocycles. The highest BCUT2D eigenvalue weighted by Gasteiger charge is 2.09. The number of unbranched alkanes of at least 4 members (excludes halogenated alkanes) is 1.